The van der Waals surface area contributed by atoms with Crippen LogP contribution in [0.1, 0.15) is 20.7 Å². The number of rotatable bonds is 4. The minimum Gasteiger partial charge on any atom is -0.508 e. The third-order valence-electron chi connectivity index (χ3n) is 4.91. The normalized spacial score (nSPS) is 9.97. The highest BCUT2D eigenvalue weighted by Gasteiger charge is 2.04. The second-order valence-corrected chi connectivity index (χ2v) is 7.13. The molecule has 33 heavy (non-hydrogen) atoms. The molecule has 0 aliphatic rings. The number of carbonyl (C=O) groups excluding carboxylic acids is 1. The van der Waals surface area contributed by atoms with E-state index >= 15 is 0 Å². The van der Waals surface area contributed by atoms with Crippen molar-refractivity contribution in [1.82, 2.24) is 5.32 Å². The fourth-order valence-electron chi connectivity index (χ4n) is 3.07. The molecule has 6 heteroatoms. The first-order valence-corrected chi connectivity index (χ1v) is 10.1. The summed E-state index contributed by atoms with van der Waals surface area (Å²) in [4.78, 5) is 22.0. The quantitative estimate of drug-likeness (QED) is 0.349. The molecule has 4 N–H and O–H groups in total. The molecular weight excluding hydrogens is 418 g/mol. The zero-order valence-corrected chi connectivity index (χ0v) is 17.9. The molecule has 4 aromatic rings. The highest BCUT2D eigenvalue weighted by Crippen LogP contribution is 2.23. The summed E-state index contributed by atoms with van der Waals surface area (Å²) in [5, 5.41) is 29.7. The molecule has 0 aromatic heterocycles. The van der Waals surface area contributed by atoms with Crippen molar-refractivity contribution in [3.8, 4) is 33.8 Å². The molecule has 0 spiro atoms. The molecule has 1 amide bonds. The highest BCUT2D eigenvalue weighted by atomic mass is 16.4. The van der Waals surface area contributed by atoms with Crippen molar-refractivity contribution >= 4 is 11.9 Å². The van der Waals surface area contributed by atoms with Crippen LogP contribution >= 0.6 is 0 Å². The molecular formula is C27H23NO5. The Labute approximate surface area is 191 Å². The van der Waals surface area contributed by atoms with E-state index in [1.165, 1.54) is 0 Å². The third-order valence-corrected chi connectivity index (χ3v) is 4.91. The topological polar surface area (TPSA) is 107 Å². The Morgan fingerprint density at radius 2 is 0.848 bits per heavy atom. The van der Waals surface area contributed by atoms with Gasteiger partial charge in [0.25, 0.3) is 5.91 Å². The lowest BCUT2D eigenvalue weighted by Crippen LogP contribution is -2.17. The maximum atomic E-state index is 11.4. The van der Waals surface area contributed by atoms with E-state index in [-0.39, 0.29) is 23.0 Å². The SMILES string of the molecule is CNC(=O)c1ccc(-c2ccc(O)cc2)cc1.O=C(O)c1ccc(-c2ccc(O)cc2)cc1. The number of hydrogen-bond acceptors (Lipinski definition) is 4. The molecule has 0 saturated heterocycles. The first-order valence-electron chi connectivity index (χ1n) is 10.1. The smallest absolute Gasteiger partial charge is 0.335 e. The average molecular weight is 441 g/mol. The minimum absolute atomic E-state index is 0.0951. The summed E-state index contributed by atoms with van der Waals surface area (Å²) in [6.45, 7) is 0. The summed E-state index contributed by atoms with van der Waals surface area (Å²) >= 11 is 0. The van der Waals surface area contributed by atoms with Gasteiger partial charge in [-0.2, -0.15) is 0 Å². The van der Waals surface area contributed by atoms with Crippen LogP contribution in [0.15, 0.2) is 97.1 Å². The van der Waals surface area contributed by atoms with Crippen LogP contribution in [0.4, 0.5) is 0 Å². The van der Waals surface area contributed by atoms with Crippen LogP contribution in [0.2, 0.25) is 0 Å². The Hall–Kier alpha value is -4.58. The van der Waals surface area contributed by atoms with Crippen molar-refractivity contribution in [2.45, 2.75) is 0 Å². The van der Waals surface area contributed by atoms with E-state index < -0.39 is 5.97 Å². The zero-order chi connectivity index (χ0) is 23.8. The van der Waals surface area contributed by atoms with E-state index in [1.54, 1.807) is 79.8 Å². The monoisotopic (exact) mass is 441 g/mol. The predicted octanol–water partition coefficient (Wildman–Crippen LogP) is 5.18. The number of phenols is 2. The molecule has 0 fully saturated rings. The predicted molar refractivity (Wildman–Crippen MR) is 127 cm³/mol. The third kappa shape index (κ3) is 6.21. The molecule has 0 atom stereocenters. The molecule has 0 heterocycles. The molecule has 0 radical (unpaired) electrons. The second kappa shape index (κ2) is 10.6. The van der Waals surface area contributed by atoms with E-state index in [0.29, 0.717) is 5.56 Å². The van der Waals surface area contributed by atoms with Crippen molar-refractivity contribution in [3.05, 3.63) is 108 Å². The molecule has 0 aliphatic heterocycles. The Balaban J connectivity index is 0.000000186. The van der Waals surface area contributed by atoms with Gasteiger partial charge in [-0.05, 0) is 70.8 Å². The number of hydrogen-bond donors (Lipinski definition) is 4. The largest absolute Gasteiger partial charge is 0.508 e. The molecule has 0 saturated carbocycles. The van der Waals surface area contributed by atoms with Gasteiger partial charge in [-0.1, -0.05) is 48.5 Å². The van der Waals surface area contributed by atoms with Gasteiger partial charge in [-0.25, -0.2) is 4.79 Å². The first kappa shape index (κ1) is 23.1. The van der Waals surface area contributed by atoms with E-state index in [1.807, 2.05) is 24.3 Å². The molecule has 0 aliphatic carbocycles. The minimum atomic E-state index is -0.933. The van der Waals surface area contributed by atoms with Crippen molar-refractivity contribution < 1.29 is 24.9 Å². The maximum absolute atomic E-state index is 11.4. The lowest BCUT2D eigenvalue weighted by atomic mass is 10.0. The van der Waals surface area contributed by atoms with E-state index in [4.69, 9.17) is 10.2 Å². The molecule has 4 aromatic carbocycles. The first-order chi connectivity index (χ1) is 15.9. The van der Waals surface area contributed by atoms with E-state index in [2.05, 4.69) is 5.32 Å². The van der Waals surface area contributed by atoms with Gasteiger partial charge in [-0.3, -0.25) is 4.79 Å². The molecule has 6 nitrogen and oxygen atoms in total. The number of aromatic hydroxyl groups is 2. The lowest BCUT2D eigenvalue weighted by molar-refractivity contribution is 0.0696. The number of nitrogens with one attached hydrogen (secondary N) is 1. The van der Waals surface area contributed by atoms with Crippen LogP contribution in [0, 0.1) is 0 Å². The van der Waals surface area contributed by atoms with Crippen molar-refractivity contribution in [3.63, 3.8) is 0 Å². The van der Waals surface area contributed by atoms with Gasteiger partial charge in [0.2, 0.25) is 0 Å². The Bertz CT molecular complexity index is 1210. The summed E-state index contributed by atoms with van der Waals surface area (Å²) in [6.07, 6.45) is 0. The maximum Gasteiger partial charge on any atom is 0.335 e. The number of benzene rings is 4. The molecule has 0 bridgehead atoms. The average Bonchev–Trinajstić information content (AvgIpc) is 2.85. The molecule has 166 valence electrons. The van der Waals surface area contributed by atoms with E-state index in [9.17, 15) is 14.7 Å². The zero-order valence-electron chi connectivity index (χ0n) is 17.9. The summed E-state index contributed by atoms with van der Waals surface area (Å²) in [6, 6.07) is 27.7. The summed E-state index contributed by atoms with van der Waals surface area (Å²) in [5.41, 5.74) is 4.78. The van der Waals surface area contributed by atoms with Gasteiger partial charge in [-0.15, -0.1) is 0 Å². The number of carboxylic acids is 1. The van der Waals surface area contributed by atoms with Crippen molar-refractivity contribution in [2.75, 3.05) is 7.05 Å². The van der Waals surface area contributed by atoms with Gasteiger partial charge >= 0.3 is 5.97 Å². The Morgan fingerprint density at radius 1 is 0.545 bits per heavy atom. The number of carbonyl (C=O) groups is 2. The number of phenolic OH excluding ortho intramolecular Hbond substituents is 2. The van der Waals surface area contributed by atoms with Gasteiger partial charge in [0.15, 0.2) is 0 Å². The standard InChI is InChI=1S/C14H13NO2.C13H10O3/c1-15-14(17)12-4-2-10(3-5-12)11-6-8-13(16)9-7-11;14-12-7-5-10(6-8-12)9-1-3-11(4-2-9)13(15)16/h2-9,16H,1H3,(H,15,17);1-8,14H,(H,15,16). The second-order valence-electron chi connectivity index (χ2n) is 7.13. The summed E-state index contributed by atoms with van der Waals surface area (Å²) in [5.74, 6) is -0.568. The van der Waals surface area contributed by atoms with Gasteiger partial charge in [0.1, 0.15) is 11.5 Å². The number of carboxylic acid groups (broad SMARTS) is 1. The van der Waals surface area contributed by atoms with Gasteiger partial charge in [0.05, 0.1) is 5.56 Å². The van der Waals surface area contributed by atoms with Crippen LogP contribution in [0.25, 0.3) is 22.3 Å². The van der Waals surface area contributed by atoms with Crippen molar-refractivity contribution in [1.29, 1.82) is 0 Å². The van der Waals surface area contributed by atoms with Crippen LogP contribution in [0.5, 0.6) is 11.5 Å². The van der Waals surface area contributed by atoms with Crippen LogP contribution < -0.4 is 5.32 Å². The number of aromatic carboxylic acids is 1. The molecule has 0 unspecified atom stereocenters. The summed E-state index contributed by atoms with van der Waals surface area (Å²) < 4.78 is 0. The number of amides is 1. The van der Waals surface area contributed by atoms with Crippen LogP contribution in [-0.2, 0) is 0 Å². The van der Waals surface area contributed by atoms with Gasteiger partial charge < -0.3 is 20.6 Å². The fraction of sp³-hybridized carbons (Fsp3) is 0.0370. The van der Waals surface area contributed by atoms with Crippen LogP contribution in [0.3, 0.4) is 0 Å². The summed E-state index contributed by atoms with van der Waals surface area (Å²) in [7, 11) is 1.61. The molecule has 4 rings (SSSR count). The highest BCUT2D eigenvalue weighted by molar-refractivity contribution is 5.94. The Morgan fingerprint density at radius 3 is 1.15 bits per heavy atom. The Kier molecular flexibility index (Phi) is 7.44. The fourth-order valence-corrected chi connectivity index (χ4v) is 3.07. The van der Waals surface area contributed by atoms with Crippen molar-refractivity contribution in [2.24, 2.45) is 0 Å². The van der Waals surface area contributed by atoms with Crippen LogP contribution in [-0.4, -0.2) is 34.2 Å². The van der Waals surface area contributed by atoms with Gasteiger partial charge in [0, 0.05) is 12.6 Å². The lowest BCUT2D eigenvalue weighted by Gasteiger charge is -2.04. The van der Waals surface area contributed by atoms with E-state index in [0.717, 1.165) is 22.3 Å².